The van der Waals surface area contributed by atoms with Gasteiger partial charge in [-0.05, 0) is 117 Å². The van der Waals surface area contributed by atoms with Gasteiger partial charge in [-0.1, -0.05) is 75.0 Å². The van der Waals surface area contributed by atoms with Crippen molar-refractivity contribution in [3.05, 3.63) is 182 Å². The van der Waals surface area contributed by atoms with Crippen LogP contribution in [0.3, 0.4) is 0 Å². The zero-order valence-corrected chi connectivity index (χ0v) is 37.2. The first-order chi connectivity index (χ1) is 30.2. The number of carbonyl (C=O) groups excluding carboxylic acids is 2. The highest BCUT2D eigenvalue weighted by Gasteiger charge is 2.16. The van der Waals surface area contributed by atoms with E-state index >= 15 is 0 Å². The fourth-order valence-electron chi connectivity index (χ4n) is 6.89. The molecule has 0 aliphatic carbocycles. The van der Waals surface area contributed by atoms with Crippen LogP contribution in [0.25, 0.3) is 44.1 Å². The molecule has 65 heavy (non-hydrogen) atoms. The molecule has 12 nitrogen and oxygen atoms in total. The molecule has 0 saturated carbocycles. The van der Waals surface area contributed by atoms with E-state index in [4.69, 9.17) is 11.6 Å². The van der Waals surface area contributed by atoms with Gasteiger partial charge in [-0.2, -0.15) is 0 Å². The van der Waals surface area contributed by atoms with Gasteiger partial charge in [-0.25, -0.2) is 9.97 Å². The molecule has 8 aromatic rings. The van der Waals surface area contributed by atoms with Crippen LogP contribution in [-0.4, -0.2) is 59.1 Å². The van der Waals surface area contributed by atoms with E-state index in [1.54, 1.807) is 66.0 Å². The number of fused-ring (bicyclic) bond motifs is 2. The Balaban J connectivity index is 0.000000261. The van der Waals surface area contributed by atoms with E-state index in [0.29, 0.717) is 44.3 Å². The smallest absolute Gasteiger partial charge is 0.258 e. The Hall–Kier alpha value is -7.41. The van der Waals surface area contributed by atoms with E-state index in [-0.39, 0.29) is 37.8 Å². The van der Waals surface area contributed by atoms with Crippen molar-refractivity contribution in [3.63, 3.8) is 0 Å². The molecule has 2 amide bonds. The van der Waals surface area contributed by atoms with Crippen LogP contribution >= 0.6 is 11.6 Å². The molecule has 0 aliphatic rings. The number of nitrogens with one attached hydrogen (secondary N) is 3. The van der Waals surface area contributed by atoms with Gasteiger partial charge in [0.05, 0.1) is 11.0 Å². The number of rotatable bonds is 7. The Morgan fingerprint density at radius 3 is 1.38 bits per heavy atom. The van der Waals surface area contributed by atoms with Gasteiger partial charge in [0, 0.05) is 91.1 Å². The first-order valence-corrected chi connectivity index (χ1v) is 20.4. The van der Waals surface area contributed by atoms with Crippen LogP contribution in [0.5, 0.6) is 0 Å². The summed E-state index contributed by atoms with van der Waals surface area (Å²) in [6.07, 6.45) is 3.43. The monoisotopic (exact) mass is 892 g/mol. The number of anilines is 3. The van der Waals surface area contributed by atoms with E-state index in [2.05, 4.69) is 25.9 Å². The molecular formula is C52H57ClN8O4. The van der Waals surface area contributed by atoms with Crippen LogP contribution in [0.15, 0.2) is 143 Å². The number of hydrogen-bond acceptors (Lipinski definition) is 8. The number of aromatic nitrogens is 4. The molecule has 0 bridgehead atoms. The zero-order valence-electron chi connectivity index (χ0n) is 36.4. The minimum atomic E-state index is -0.203. The predicted octanol–water partition coefficient (Wildman–Crippen LogP) is 10.1. The van der Waals surface area contributed by atoms with Crippen molar-refractivity contribution in [2.45, 2.75) is 28.7 Å². The lowest BCUT2D eigenvalue weighted by molar-refractivity contribution is 0.101. The molecular weight excluding hydrogens is 836 g/mol. The summed E-state index contributed by atoms with van der Waals surface area (Å²) >= 11 is 5.98. The minimum absolute atomic E-state index is 0. The maximum atomic E-state index is 13.2. The normalized spacial score (nSPS) is 10.3. The van der Waals surface area contributed by atoms with Crippen molar-refractivity contribution in [3.8, 4) is 22.3 Å². The molecule has 8 rings (SSSR count). The standard InChI is InChI=1S/C25H24N4O2.C23H18ClN3O2.C2H7N.2CH4/c1-16-10-11-19(27-24(30)17-8-6-5-7-9-17)13-20(16)21-12-18-15-26-23(28(2)3)14-22(18)29(4)25(21)31;1-14-8-9-17(26-22(28)15-6-4-3-5-7-15)11-18(14)19-10-16-13-25-21(24)12-20(16)27(2)23(19)29;1-3-2;;/h5-15H,1-4H3,(H,27,30);3-13H,1-2H3,(H,26,28);3H,1-2H3;2*1H4. The highest BCUT2D eigenvalue weighted by Crippen LogP contribution is 2.29. The Morgan fingerprint density at radius 1 is 0.569 bits per heavy atom. The molecule has 13 heteroatoms. The van der Waals surface area contributed by atoms with Crippen molar-refractivity contribution >= 4 is 62.4 Å². The molecule has 3 N–H and O–H groups in total. The summed E-state index contributed by atoms with van der Waals surface area (Å²) < 4.78 is 3.21. The summed E-state index contributed by atoms with van der Waals surface area (Å²) in [5.41, 5.74) is 8.23. The van der Waals surface area contributed by atoms with E-state index < -0.39 is 0 Å². The molecule has 4 aromatic carbocycles. The second kappa shape index (κ2) is 22.3. The van der Waals surface area contributed by atoms with Gasteiger partial charge in [0.1, 0.15) is 11.0 Å². The maximum Gasteiger partial charge on any atom is 0.258 e. The molecule has 4 aromatic heterocycles. The third kappa shape index (κ3) is 11.6. The molecule has 0 spiro atoms. The number of benzene rings is 4. The van der Waals surface area contributed by atoms with Gasteiger partial charge in [0.25, 0.3) is 22.9 Å². The van der Waals surface area contributed by atoms with Crippen molar-refractivity contribution in [1.29, 1.82) is 0 Å². The number of carbonyl (C=O) groups is 2. The number of nitrogens with zero attached hydrogens (tertiary/aromatic N) is 5. The van der Waals surface area contributed by atoms with Crippen LogP contribution in [0.4, 0.5) is 17.2 Å². The second-order valence-corrected chi connectivity index (χ2v) is 15.5. The van der Waals surface area contributed by atoms with Crippen molar-refractivity contribution < 1.29 is 9.59 Å². The van der Waals surface area contributed by atoms with E-state index in [0.717, 1.165) is 44.4 Å². The Labute approximate surface area is 385 Å². The van der Waals surface area contributed by atoms with Crippen molar-refractivity contribution in [1.82, 2.24) is 24.4 Å². The summed E-state index contributed by atoms with van der Waals surface area (Å²) in [5.74, 6) is 0.393. The predicted molar refractivity (Wildman–Crippen MR) is 271 cm³/mol. The fourth-order valence-corrected chi connectivity index (χ4v) is 7.04. The topological polar surface area (TPSA) is 143 Å². The van der Waals surface area contributed by atoms with Crippen LogP contribution in [0.2, 0.25) is 5.15 Å². The minimum Gasteiger partial charge on any atom is -0.363 e. The van der Waals surface area contributed by atoms with E-state index in [9.17, 15) is 19.2 Å². The highest BCUT2D eigenvalue weighted by molar-refractivity contribution is 6.30. The van der Waals surface area contributed by atoms with E-state index in [1.165, 1.54) is 0 Å². The van der Waals surface area contributed by atoms with Crippen LogP contribution in [-0.2, 0) is 14.1 Å². The zero-order chi connectivity index (χ0) is 45.4. The number of halogens is 1. The first kappa shape index (κ1) is 50.2. The first-order valence-electron chi connectivity index (χ1n) is 20.1. The van der Waals surface area contributed by atoms with Crippen LogP contribution in [0.1, 0.15) is 46.7 Å². The molecule has 0 unspecified atom stereocenters. The average Bonchev–Trinajstić information content (AvgIpc) is 3.28. The Bertz CT molecular complexity index is 3080. The molecule has 0 radical (unpaired) electrons. The lowest BCUT2D eigenvalue weighted by atomic mass is 9.99. The van der Waals surface area contributed by atoms with E-state index in [1.807, 2.05) is 138 Å². The Morgan fingerprint density at radius 2 is 0.969 bits per heavy atom. The van der Waals surface area contributed by atoms with Crippen molar-refractivity contribution in [2.24, 2.45) is 14.1 Å². The van der Waals surface area contributed by atoms with Gasteiger partial charge < -0.3 is 30.0 Å². The van der Waals surface area contributed by atoms with Gasteiger partial charge in [0.2, 0.25) is 0 Å². The largest absolute Gasteiger partial charge is 0.363 e. The SMILES string of the molecule is C.C.CNC.Cc1ccc(NC(=O)c2ccccc2)cc1-c1cc2cnc(Cl)cc2n(C)c1=O.Cc1ccc(NC(=O)c2ccccc2)cc1-c1cc2cnc(N(C)C)cc2n(C)c1=O. The second-order valence-electron chi connectivity index (χ2n) is 15.1. The summed E-state index contributed by atoms with van der Waals surface area (Å²) in [5, 5.41) is 10.6. The Kier molecular flexibility index (Phi) is 17.2. The number of amides is 2. The van der Waals surface area contributed by atoms with Crippen LogP contribution < -0.4 is 32.0 Å². The fraction of sp³-hybridized carbons (Fsp3) is 0.192. The third-order valence-electron chi connectivity index (χ3n) is 10.3. The molecule has 0 atom stereocenters. The maximum absolute atomic E-state index is 13.2. The quantitative estimate of drug-likeness (QED) is 0.134. The number of pyridine rings is 4. The molecule has 0 saturated heterocycles. The molecule has 4 heterocycles. The van der Waals surface area contributed by atoms with Gasteiger partial charge in [-0.3, -0.25) is 19.2 Å². The molecule has 0 fully saturated rings. The highest BCUT2D eigenvalue weighted by atomic mass is 35.5. The summed E-state index contributed by atoms with van der Waals surface area (Å²) in [6.45, 7) is 3.89. The summed E-state index contributed by atoms with van der Waals surface area (Å²) in [7, 11) is 11.1. The van der Waals surface area contributed by atoms with Gasteiger partial charge in [0.15, 0.2) is 0 Å². The summed E-state index contributed by atoms with van der Waals surface area (Å²) in [6, 6.07) is 36.4. The third-order valence-corrected chi connectivity index (χ3v) is 10.5. The average molecular weight is 894 g/mol. The molecule has 0 aliphatic heterocycles. The van der Waals surface area contributed by atoms with Crippen LogP contribution in [0, 0.1) is 13.8 Å². The van der Waals surface area contributed by atoms with Crippen molar-refractivity contribution in [2.75, 3.05) is 43.7 Å². The van der Waals surface area contributed by atoms with Gasteiger partial charge >= 0.3 is 0 Å². The van der Waals surface area contributed by atoms with Gasteiger partial charge in [-0.15, -0.1) is 0 Å². The molecule has 336 valence electrons. The lowest BCUT2D eigenvalue weighted by Gasteiger charge is -2.15. The number of aryl methyl sites for hydroxylation is 4. The number of hydrogen-bond donors (Lipinski definition) is 3. The summed E-state index contributed by atoms with van der Waals surface area (Å²) in [4.78, 5) is 61.7. The lowest BCUT2D eigenvalue weighted by Crippen LogP contribution is -2.20.